The van der Waals surface area contributed by atoms with Gasteiger partial charge in [0.1, 0.15) is 0 Å². The Bertz CT molecular complexity index is 368. The lowest BCUT2D eigenvalue weighted by molar-refractivity contribution is 0.169. The summed E-state index contributed by atoms with van der Waals surface area (Å²) < 4.78 is 0. The molecule has 0 amide bonds. The van der Waals surface area contributed by atoms with Gasteiger partial charge in [-0.15, -0.1) is 11.3 Å². The van der Waals surface area contributed by atoms with E-state index in [1.54, 1.807) is 18.3 Å². The molecule has 2 rings (SSSR count). The molecule has 5 heteroatoms. The van der Waals surface area contributed by atoms with E-state index < -0.39 is 6.10 Å². The second-order valence-corrected chi connectivity index (χ2v) is 5.84. The molecule has 2 heterocycles. The van der Waals surface area contributed by atoms with Crippen molar-refractivity contribution in [3.05, 3.63) is 11.1 Å². The van der Waals surface area contributed by atoms with Crippen molar-refractivity contribution in [3.63, 3.8) is 0 Å². The van der Waals surface area contributed by atoms with E-state index in [1.807, 2.05) is 5.38 Å². The van der Waals surface area contributed by atoms with Gasteiger partial charge < -0.3 is 10.0 Å². The van der Waals surface area contributed by atoms with Crippen LogP contribution in [0.5, 0.6) is 0 Å². The molecule has 1 aromatic rings. The van der Waals surface area contributed by atoms with Crippen molar-refractivity contribution < 1.29 is 5.11 Å². The average molecular weight is 255 g/mol. The van der Waals surface area contributed by atoms with Gasteiger partial charge in [-0.1, -0.05) is 0 Å². The van der Waals surface area contributed by atoms with Gasteiger partial charge in [-0.25, -0.2) is 4.98 Å². The Morgan fingerprint density at radius 2 is 2.00 bits per heavy atom. The first-order valence-corrected chi connectivity index (χ1v) is 6.97. The molecule has 3 atom stereocenters. The first-order chi connectivity index (χ1) is 7.99. The highest BCUT2D eigenvalue weighted by atomic mass is 32.1. The van der Waals surface area contributed by atoms with Crippen LogP contribution in [-0.2, 0) is 0 Å². The van der Waals surface area contributed by atoms with Crippen LogP contribution >= 0.6 is 11.3 Å². The largest absolute Gasteiger partial charge is 0.387 e. The van der Waals surface area contributed by atoms with E-state index >= 15 is 0 Å². The van der Waals surface area contributed by atoms with Crippen molar-refractivity contribution in [3.8, 4) is 0 Å². The molecule has 1 fully saturated rings. The predicted octanol–water partition coefficient (Wildman–Crippen LogP) is 1.73. The summed E-state index contributed by atoms with van der Waals surface area (Å²) in [6.07, 6.45) is -0.470. The van der Waals surface area contributed by atoms with Crippen LogP contribution in [0.15, 0.2) is 5.38 Å². The fourth-order valence-electron chi connectivity index (χ4n) is 2.17. The van der Waals surface area contributed by atoms with Gasteiger partial charge in [0.25, 0.3) is 0 Å². The highest BCUT2D eigenvalue weighted by molar-refractivity contribution is 7.13. The van der Waals surface area contributed by atoms with Gasteiger partial charge >= 0.3 is 0 Å². The zero-order valence-corrected chi connectivity index (χ0v) is 11.7. The molecule has 1 aliphatic rings. The van der Waals surface area contributed by atoms with Gasteiger partial charge in [0.2, 0.25) is 0 Å². The highest BCUT2D eigenvalue weighted by Gasteiger charge is 2.28. The molecule has 0 aliphatic carbocycles. The Kier molecular flexibility index (Phi) is 3.70. The molecule has 0 radical (unpaired) electrons. The molecule has 0 bridgehead atoms. The van der Waals surface area contributed by atoms with Crippen LogP contribution in [0.25, 0.3) is 0 Å². The number of anilines is 1. The van der Waals surface area contributed by atoms with E-state index in [0.29, 0.717) is 12.1 Å². The smallest absolute Gasteiger partial charge is 0.185 e. The SMILES string of the molecule is CC(O)c1csc(N2CC(C)N(C)C(C)C2)n1. The Morgan fingerprint density at radius 3 is 2.47 bits per heavy atom. The van der Waals surface area contributed by atoms with E-state index in [2.05, 4.69) is 35.7 Å². The van der Waals surface area contributed by atoms with E-state index in [-0.39, 0.29) is 0 Å². The Labute approximate surface area is 107 Å². The van der Waals surface area contributed by atoms with Crippen molar-refractivity contribution in [2.45, 2.75) is 39.0 Å². The third kappa shape index (κ3) is 2.61. The summed E-state index contributed by atoms with van der Waals surface area (Å²) in [6, 6.07) is 1.08. The predicted molar refractivity (Wildman–Crippen MR) is 71.6 cm³/mol. The summed E-state index contributed by atoms with van der Waals surface area (Å²) in [5.74, 6) is 0. The van der Waals surface area contributed by atoms with Crippen LogP contribution in [0, 0.1) is 0 Å². The Balaban J connectivity index is 2.11. The lowest BCUT2D eigenvalue weighted by Gasteiger charge is -2.42. The minimum Gasteiger partial charge on any atom is -0.387 e. The van der Waals surface area contributed by atoms with Gasteiger partial charge in [0, 0.05) is 30.6 Å². The van der Waals surface area contributed by atoms with Crippen LogP contribution < -0.4 is 4.90 Å². The minimum absolute atomic E-state index is 0.470. The molecule has 0 saturated carbocycles. The molecule has 0 spiro atoms. The second kappa shape index (κ2) is 4.92. The van der Waals surface area contributed by atoms with Gasteiger partial charge in [-0.05, 0) is 27.8 Å². The van der Waals surface area contributed by atoms with Gasteiger partial charge in [0.05, 0.1) is 11.8 Å². The van der Waals surface area contributed by atoms with Crippen LogP contribution in [0.2, 0.25) is 0 Å². The van der Waals surface area contributed by atoms with Crippen molar-refractivity contribution in [2.75, 3.05) is 25.0 Å². The highest BCUT2D eigenvalue weighted by Crippen LogP contribution is 2.27. The summed E-state index contributed by atoms with van der Waals surface area (Å²) in [6.45, 7) is 8.26. The zero-order valence-electron chi connectivity index (χ0n) is 10.9. The summed E-state index contributed by atoms with van der Waals surface area (Å²) in [4.78, 5) is 9.23. The maximum atomic E-state index is 9.50. The minimum atomic E-state index is -0.470. The van der Waals surface area contributed by atoms with E-state index in [1.165, 1.54) is 0 Å². The standard InChI is InChI=1S/C12H21N3OS/c1-8-5-15(6-9(2)14(8)4)12-13-11(7-17-12)10(3)16/h7-10,16H,5-6H2,1-4H3. The number of thiazole rings is 1. The molecule has 1 saturated heterocycles. The van der Waals surface area contributed by atoms with E-state index in [4.69, 9.17) is 0 Å². The summed E-state index contributed by atoms with van der Waals surface area (Å²) in [5.41, 5.74) is 0.782. The third-order valence-corrected chi connectivity index (χ3v) is 4.49. The van der Waals surface area contributed by atoms with Crippen molar-refractivity contribution in [1.29, 1.82) is 0 Å². The average Bonchev–Trinajstić information content (AvgIpc) is 2.74. The fourth-order valence-corrected chi connectivity index (χ4v) is 3.11. The van der Waals surface area contributed by atoms with Crippen molar-refractivity contribution in [1.82, 2.24) is 9.88 Å². The number of aromatic nitrogens is 1. The number of likely N-dealkylation sites (N-methyl/N-ethyl adjacent to an activating group) is 1. The van der Waals surface area contributed by atoms with Crippen molar-refractivity contribution >= 4 is 16.5 Å². The summed E-state index contributed by atoms with van der Waals surface area (Å²) in [7, 11) is 2.18. The lowest BCUT2D eigenvalue weighted by atomic mass is 10.1. The number of nitrogens with zero attached hydrogens (tertiary/aromatic N) is 3. The van der Waals surface area contributed by atoms with Gasteiger partial charge in [0.15, 0.2) is 5.13 Å². The van der Waals surface area contributed by atoms with Crippen LogP contribution in [0.4, 0.5) is 5.13 Å². The number of hydrogen-bond donors (Lipinski definition) is 1. The van der Waals surface area contributed by atoms with E-state index in [9.17, 15) is 5.11 Å². The Hall–Kier alpha value is -0.650. The van der Waals surface area contributed by atoms with Crippen LogP contribution in [0.1, 0.15) is 32.6 Å². The molecule has 0 aromatic carbocycles. The Morgan fingerprint density at radius 1 is 1.41 bits per heavy atom. The van der Waals surface area contributed by atoms with Crippen molar-refractivity contribution in [2.24, 2.45) is 0 Å². The molecule has 3 unspecified atom stereocenters. The number of aliphatic hydroxyl groups excluding tert-OH is 1. The number of rotatable bonds is 2. The van der Waals surface area contributed by atoms with E-state index in [0.717, 1.165) is 23.9 Å². The maximum absolute atomic E-state index is 9.50. The quantitative estimate of drug-likeness (QED) is 0.873. The summed E-state index contributed by atoms with van der Waals surface area (Å²) >= 11 is 1.63. The topological polar surface area (TPSA) is 39.6 Å². The van der Waals surface area contributed by atoms with Crippen LogP contribution in [-0.4, -0.2) is 47.2 Å². The first-order valence-electron chi connectivity index (χ1n) is 6.09. The molecular formula is C12H21N3OS. The van der Waals surface area contributed by atoms with Gasteiger partial charge in [-0.2, -0.15) is 0 Å². The monoisotopic (exact) mass is 255 g/mol. The molecule has 96 valence electrons. The summed E-state index contributed by atoms with van der Waals surface area (Å²) in [5, 5.41) is 12.5. The molecule has 1 aliphatic heterocycles. The number of piperazine rings is 1. The lowest BCUT2D eigenvalue weighted by Crippen LogP contribution is -2.55. The number of hydrogen-bond acceptors (Lipinski definition) is 5. The molecule has 17 heavy (non-hydrogen) atoms. The molecular weight excluding hydrogens is 234 g/mol. The third-order valence-electron chi connectivity index (χ3n) is 3.57. The maximum Gasteiger partial charge on any atom is 0.185 e. The van der Waals surface area contributed by atoms with Crippen LogP contribution in [0.3, 0.4) is 0 Å². The van der Waals surface area contributed by atoms with Gasteiger partial charge in [-0.3, -0.25) is 4.90 Å². The molecule has 1 N–H and O–H groups in total. The molecule has 4 nitrogen and oxygen atoms in total. The second-order valence-electron chi connectivity index (χ2n) is 5.00. The fraction of sp³-hybridized carbons (Fsp3) is 0.750. The zero-order chi connectivity index (χ0) is 12.6. The molecule has 1 aromatic heterocycles. The normalized spacial score (nSPS) is 28.4. The number of aliphatic hydroxyl groups is 1. The first kappa shape index (κ1) is 12.8.